The topological polar surface area (TPSA) is 47.0 Å². The number of aromatic nitrogens is 1. The van der Waals surface area contributed by atoms with Crippen LogP contribution in [0.2, 0.25) is 0 Å². The van der Waals surface area contributed by atoms with Gasteiger partial charge >= 0.3 is 0 Å². The summed E-state index contributed by atoms with van der Waals surface area (Å²) in [7, 11) is -3.10. The lowest BCUT2D eigenvalue weighted by Gasteiger charge is -2.01. The molecule has 0 N–H and O–H groups in total. The third-order valence-corrected chi connectivity index (χ3v) is 4.63. The molecule has 1 aromatic rings. The Morgan fingerprint density at radius 1 is 1.43 bits per heavy atom. The quantitative estimate of drug-likeness (QED) is 0.762. The maximum atomic E-state index is 11.7. The molecule has 0 aromatic carbocycles. The zero-order valence-electron chi connectivity index (χ0n) is 8.10. The smallest absolute Gasteiger partial charge is 0.198 e. The summed E-state index contributed by atoms with van der Waals surface area (Å²) in [6, 6.07) is 3.45. The van der Waals surface area contributed by atoms with Crippen LogP contribution in [0.5, 0.6) is 0 Å². The van der Waals surface area contributed by atoms with E-state index in [4.69, 9.17) is 0 Å². The van der Waals surface area contributed by atoms with E-state index in [1.165, 1.54) is 0 Å². The SMILES string of the molecule is CCc1ccc(S(=O)(=O)C2CC2)nc1. The number of hydrogen-bond donors (Lipinski definition) is 0. The van der Waals surface area contributed by atoms with E-state index < -0.39 is 9.84 Å². The highest BCUT2D eigenvalue weighted by atomic mass is 32.2. The first kappa shape index (κ1) is 9.65. The van der Waals surface area contributed by atoms with Gasteiger partial charge in [0, 0.05) is 6.20 Å². The molecule has 0 amide bonds. The molecule has 76 valence electrons. The maximum absolute atomic E-state index is 11.7. The zero-order chi connectivity index (χ0) is 10.2. The van der Waals surface area contributed by atoms with Crippen molar-refractivity contribution in [3.05, 3.63) is 23.9 Å². The molecule has 0 saturated heterocycles. The predicted octanol–water partition coefficient (Wildman–Crippen LogP) is 1.58. The third-order valence-electron chi connectivity index (χ3n) is 2.46. The lowest BCUT2D eigenvalue weighted by Crippen LogP contribution is -2.09. The molecule has 2 rings (SSSR count). The van der Waals surface area contributed by atoms with Gasteiger partial charge in [-0.05, 0) is 30.9 Å². The first-order valence-corrected chi connectivity index (χ1v) is 6.38. The molecule has 0 radical (unpaired) electrons. The van der Waals surface area contributed by atoms with Gasteiger partial charge in [-0.3, -0.25) is 0 Å². The molecule has 3 nitrogen and oxygen atoms in total. The minimum absolute atomic E-state index is 0.164. The van der Waals surface area contributed by atoms with Gasteiger partial charge in [0.15, 0.2) is 14.9 Å². The molecule has 1 aromatic heterocycles. The van der Waals surface area contributed by atoms with Crippen molar-refractivity contribution in [3.63, 3.8) is 0 Å². The molecule has 1 heterocycles. The van der Waals surface area contributed by atoms with E-state index in [1.54, 1.807) is 12.3 Å². The number of pyridine rings is 1. The number of sulfone groups is 1. The van der Waals surface area contributed by atoms with Gasteiger partial charge in [0.25, 0.3) is 0 Å². The summed E-state index contributed by atoms with van der Waals surface area (Å²) in [4.78, 5) is 3.99. The fourth-order valence-electron chi connectivity index (χ4n) is 1.34. The van der Waals surface area contributed by atoms with Gasteiger partial charge in [0.1, 0.15) is 0 Å². The summed E-state index contributed by atoms with van der Waals surface area (Å²) in [5.74, 6) is 0. The van der Waals surface area contributed by atoms with Crippen molar-refractivity contribution in [1.82, 2.24) is 4.98 Å². The Hall–Kier alpha value is -0.900. The predicted molar refractivity (Wildman–Crippen MR) is 53.8 cm³/mol. The van der Waals surface area contributed by atoms with E-state index in [2.05, 4.69) is 4.98 Å². The second kappa shape index (κ2) is 3.35. The Morgan fingerprint density at radius 3 is 2.57 bits per heavy atom. The van der Waals surface area contributed by atoms with Crippen molar-refractivity contribution >= 4 is 9.84 Å². The average Bonchev–Trinajstić information content (AvgIpc) is 3.01. The average molecular weight is 211 g/mol. The Labute approximate surface area is 84.1 Å². The van der Waals surface area contributed by atoms with Gasteiger partial charge in [-0.15, -0.1) is 0 Å². The van der Waals surface area contributed by atoms with E-state index in [-0.39, 0.29) is 10.3 Å². The van der Waals surface area contributed by atoms with Crippen LogP contribution in [0, 0.1) is 0 Å². The Bertz CT molecular complexity index is 418. The molecule has 1 aliphatic carbocycles. The lowest BCUT2D eigenvalue weighted by molar-refractivity contribution is 0.591. The molecule has 4 heteroatoms. The highest BCUT2D eigenvalue weighted by Crippen LogP contribution is 2.32. The standard InChI is InChI=1S/C10H13NO2S/c1-2-8-3-6-10(11-7-8)14(12,13)9-4-5-9/h3,6-7,9H,2,4-5H2,1H3. The Morgan fingerprint density at radius 2 is 2.14 bits per heavy atom. The fraction of sp³-hybridized carbons (Fsp3) is 0.500. The molecule has 0 atom stereocenters. The zero-order valence-corrected chi connectivity index (χ0v) is 8.92. The minimum Gasteiger partial charge on any atom is -0.244 e. The van der Waals surface area contributed by atoms with E-state index in [0.717, 1.165) is 24.8 Å². The van der Waals surface area contributed by atoms with Crippen molar-refractivity contribution < 1.29 is 8.42 Å². The van der Waals surface area contributed by atoms with Gasteiger partial charge in [-0.1, -0.05) is 13.0 Å². The molecule has 1 aliphatic rings. The summed E-state index contributed by atoms with van der Waals surface area (Å²) in [6.07, 6.45) is 4.12. The summed E-state index contributed by atoms with van der Waals surface area (Å²) in [5, 5.41) is 0.0691. The number of nitrogens with zero attached hydrogens (tertiary/aromatic N) is 1. The van der Waals surface area contributed by atoms with Crippen molar-refractivity contribution in [1.29, 1.82) is 0 Å². The monoisotopic (exact) mass is 211 g/mol. The summed E-state index contributed by atoms with van der Waals surface area (Å²) < 4.78 is 23.5. The van der Waals surface area contributed by atoms with Gasteiger partial charge < -0.3 is 0 Å². The van der Waals surface area contributed by atoms with E-state index in [1.807, 2.05) is 13.0 Å². The fourth-order valence-corrected chi connectivity index (χ4v) is 2.89. The summed E-state index contributed by atoms with van der Waals surface area (Å²) in [5.41, 5.74) is 1.07. The second-order valence-electron chi connectivity index (χ2n) is 3.60. The van der Waals surface area contributed by atoms with Crippen LogP contribution in [0.1, 0.15) is 25.3 Å². The third kappa shape index (κ3) is 1.66. The normalized spacial score (nSPS) is 16.9. The van der Waals surface area contributed by atoms with Crippen LogP contribution in [0.25, 0.3) is 0 Å². The van der Waals surface area contributed by atoms with Gasteiger partial charge in [0.05, 0.1) is 5.25 Å². The highest BCUT2D eigenvalue weighted by molar-refractivity contribution is 7.92. The van der Waals surface area contributed by atoms with Gasteiger partial charge in [0.2, 0.25) is 0 Å². The van der Waals surface area contributed by atoms with E-state index >= 15 is 0 Å². The molecule has 1 fully saturated rings. The van der Waals surface area contributed by atoms with E-state index in [0.29, 0.717) is 0 Å². The molecule has 0 aliphatic heterocycles. The van der Waals surface area contributed by atoms with Crippen LogP contribution in [0.4, 0.5) is 0 Å². The first-order chi connectivity index (χ1) is 6.64. The Balaban J connectivity index is 2.33. The molecular formula is C10H13NO2S. The van der Waals surface area contributed by atoms with Crippen LogP contribution >= 0.6 is 0 Å². The van der Waals surface area contributed by atoms with Crippen molar-refractivity contribution in [3.8, 4) is 0 Å². The molecule has 0 bridgehead atoms. The molecule has 1 saturated carbocycles. The minimum atomic E-state index is -3.10. The number of aryl methyl sites for hydroxylation is 1. The number of rotatable bonds is 3. The van der Waals surface area contributed by atoms with Crippen molar-refractivity contribution in [2.24, 2.45) is 0 Å². The van der Waals surface area contributed by atoms with Crippen molar-refractivity contribution in [2.45, 2.75) is 36.5 Å². The lowest BCUT2D eigenvalue weighted by atomic mass is 10.2. The summed E-state index contributed by atoms with van der Waals surface area (Å²) >= 11 is 0. The summed E-state index contributed by atoms with van der Waals surface area (Å²) in [6.45, 7) is 2.02. The van der Waals surface area contributed by atoms with Crippen molar-refractivity contribution in [2.75, 3.05) is 0 Å². The van der Waals surface area contributed by atoms with Crippen LogP contribution in [-0.4, -0.2) is 18.7 Å². The number of hydrogen-bond acceptors (Lipinski definition) is 3. The highest BCUT2D eigenvalue weighted by Gasteiger charge is 2.37. The van der Waals surface area contributed by atoms with Gasteiger partial charge in [-0.25, -0.2) is 13.4 Å². The van der Waals surface area contributed by atoms with E-state index in [9.17, 15) is 8.42 Å². The molecular weight excluding hydrogens is 198 g/mol. The van der Waals surface area contributed by atoms with Crippen LogP contribution < -0.4 is 0 Å². The first-order valence-electron chi connectivity index (χ1n) is 4.83. The van der Waals surface area contributed by atoms with Crippen LogP contribution in [-0.2, 0) is 16.3 Å². The molecule has 14 heavy (non-hydrogen) atoms. The molecule has 0 spiro atoms. The van der Waals surface area contributed by atoms with Crippen LogP contribution in [0.15, 0.2) is 23.4 Å². The second-order valence-corrected chi connectivity index (χ2v) is 5.78. The largest absolute Gasteiger partial charge is 0.244 e. The van der Waals surface area contributed by atoms with Crippen LogP contribution in [0.3, 0.4) is 0 Å². The molecule has 0 unspecified atom stereocenters. The Kier molecular flexibility index (Phi) is 2.31. The maximum Gasteiger partial charge on any atom is 0.198 e. The van der Waals surface area contributed by atoms with Gasteiger partial charge in [-0.2, -0.15) is 0 Å².